The van der Waals surface area contributed by atoms with Gasteiger partial charge in [0.15, 0.2) is 0 Å². The number of rotatable bonds is 5. The predicted molar refractivity (Wildman–Crippen MR) is 117 cm³/mol. The first-order valence-electron chi connectivity index (χ1n) is 10.6. The molecule has 1 aromatic heterocycles. The number of carbonyl (C=O) groups is 1. The van der Waals surface area contributed by atoms with Crippen LogP contribution in [0.4, 0.5) is 11.4 Å². The van der Waals surface area contributed by atoms with E-state index in [0.29, 0.717) is 25.9 Å². The van der Waals surface area contributed by atoms with Gasteiger partial charge < -0.3 is 10.2 Å². The van der Waals surface area contributed by atoms with E-state index in [9.17, 15) is 13.2 Å². The minimum Gasteiger partial charge on any atom is -0.372 e. The van der Waals surface area contributed by atoms with Crippen LogP contribution in [0.3, 0.4) is 0 Å². The molecular formula is C22H28N4O3S. The summed E-state index contributed by atoms with van der Waals surface area (Å²) >= 11 is 0. The van der Waals surface area contributed by atoms with E-state index in [1.165, 1.54) is 35.5 Å². The molecule has 0 aliphatic carbocycles. The Morgan fingerprint density at radius 1 is 0.967 bits per heavy atom. The van der Waals surface area contributed by atoms with Gasteiger partial charge in [-0.05, 0) is 68.5 Å². The monoisotopic (exact) mass is 428 g/mol. The number of anilines is 2. The number of nitrogens with one attached hydrogen (secondary N) is 1. The van der Waals surface area contributed by atoms with Crippen LogP contribution in [-0.4, -0.2) is 49.8 Å². The second-order valence-electron chi connectivity index (χ2n) is 7.95. The maximum Gasteiger partial charge on any atom is 0.244 e. The average molecular weight is 429 g/mol. The van der Waals surface area contributed by atoms with Gasteiger partial charge in [0.05, 0.1) is 0 Å². The number of amides is 1. The molecule has 160 valence electrons. The molecule has 0 saturated carbocycles. The molecule has 2 fully saturated rings. The molecule has 2 aromatic rings. The van der Waals surface area contributed by atoms with Gasteiger partial charge in [-0.2, -0.15) is 4.31 Å². The number of hydrogen-bond donors (Lipinski definition) is 1. The normalized spacial score (nSPS) is 18.9. The zero-order valence-electron chi connectivity index (χ0n) is 17.0. The summed E-state index contributed by atoms with van der Waals surface area (Å²) in [6.45, 7) is 2.85. The number of benzene rings is 1. The smallest absolute Gasteiger partial charge is 0.244 e. The van der Waals surface area contributed by atoms with Gasteiger partial charge in [-0.3, -0.25) is 9.78 Å². The molecule has 0 bridgehead atoms. The van der Waals surface area contributed by atoms with Crippen molar-refractivity contribution in [2.75, 3.05) is 36.4 Å². The van der Waals surface area contributed by atoms with Crippen LogP contribution in [0.15, 0.2) is 53.7 Å². The lowest BCUT2D eigenvalue weighted by Crippen LogP contribution is -2.41. The van der Waals surface area contributed by atoms with Crippen molar-refractivity contribution in [3.8, 4) is 0 Å². The first kappa shape index (κ1) is 20.8. The summed E-state index contributed by atoms with van der Waals surface area (Å²) in [7, 11) is -3.55. The fourth-order valence-corrected chi connectivity index (χ4v) is 5.59. The van der Waals surface area contributed by atoms with Gasteiger partial charge in [-0.15, -0.1) is 0 Å². The first-order chi connectivity index (χ1) is 14.5. The first-order valence-corrected chi connectivity index (χ1v) is 12.0. The Labute approximate surface area is 178 Å². The third-order valence-electron chi connectivity index (χ3n) is 5.95. The Kier molecular flexibility index (Phi) is 6.34. The summed E-state index contributed by atoms with van der Waals surface area (Å²) in [4.78, 5) is 19.2. The predicted octanol–water partition coefficient (Wildman–Crippen LogP) is 3.11. The second-order valence-corrected chi connectivity index (χ2v) is 9.89. The van der Waals surface area contributed by atoms with Crippen molar-refractivity contribution in [1.29, 1.82) is 0 Å². The number of nitrogens with zero attached hydrogens (tertiary/aromatic N) is 3. The van der Waals surface area contributed by atoms with Gasteiger partial charge in [-0.25, -0.2) is 8.42 Å². The molecule has 1 amide bonds. The largest absolute Gasteiger partial charge is 0.372 e. The molecule has 2 aliphatic rings. The SMILES string of the molecule is O=C(Nc1ccc(N2CCCCC2)cc1)C1CCN(S(=O)(=O)c2cccnc2)CC1. The highest BCUT2D eigenvalue weighted by Crippen LogP contribution is 2.26. The Hall–Kier alpha value is -2.45. The third kappa shape index (κ3) is 4.65. The molecule has 0 radical (unpaired) electrons. The highest BCUT2D eigenvalue weighted by molar-refractivity contribution is 7.89. The highest BCUT2D eigenvalue weighted by atomic mass is 32.2. The van der Waals surface area contributed by atoms with Crippen molar-refractivity contribution in [2.45, 2.75) is 37.0 Å². The molecule has 2 saturated heterocycles. The van der Waals surface area contributed by atoms with Crippen molar-refractivity contribution in [1.82, 2.24) is 9.29 Å². The standard InChI is InChI=1S/C22H28N4O3S/c27-22(24-19-6-8-20(9-7-19)25-13-2-1-3-14-25)18-10-15-26(16-11-18)30(28,29)21-5-4-12-23-17-21/h4-9,12,17-18H,1-3,10-11,13-16H2,(H,24,27). The Morgan fingerprint density at radius 3 is 2.30 bits per heavy atom. The Bertz CT molecular complexity index is 950. The molecule has 0 atom stereocenters. The molecular weight excluding hydrogens is 400 g/mol. The Morgan fingerprint density at radius 2 is 1.67 bits per heavy atom. The number of hydrogen-bond acceptors (Lipinski definition) is 5. The lowest BCUT2D eigenvalue weighted by molar-refractivity contribution is -0.120. The molecule has 8 heteroatoms. The summed E-state index contributed by atoms with van der Waals surface area (Å²) in [6, 6.07) is 11.2. The van der Waals surface area contributed by atoms with Gasteiger partial charge in [0.1, 0.15) is 4.90 Å². The number of piperidine rings is 2. The minimum atomic E-state index is -3.55. The number of sulfonamides is 1. The van der Waals surface area contributed by atoms with Crippen LogP contribution in [0.1, 0.15) is 32.1 Å². The molecule has 1 N–H and O–H groups in total. The van der Waals surface area contributed by atoms with Gasteiger partial charge in [0.25, 0.3) is 0 Å². The van der Waals surface area contributed by atoms with Crippen molar-refractivity contribution >= 4 is 27.3 Å². The van der Waals surface area contributed by atoms with E-state index in [1.54, 1.807) is 18.3 Å². The number of carbonyl (C=O) groups excluding carboxylic acids is 1. The molecule has 3 heterocycles. The van der Waals surface area contributed by atoms with Gasteiger partial charge in [0, 0.05) is 55.9 Å². The summed E-state index contributed by atoms with van der Waals surface area (Å²) < 4.78 is 26.8. The van der Waals surface area contributed by atoms with Gasteiger partial charge in [-0.1, -0.05) is 0 Å². The van der Waals surface area contributed by atoms with Crippen LogP contribution in [0.5, 0.6) is 0 Å². The molecule has 2 aliphatic heterocycles. The van der Waals surface area contributed by atoms with Crippen LogP contribution in [0.2, 0.25) is 0 Å². The van der Waals surface area contributed by atoms with E-state index >= 15 is 0 Å². The van der Waals surface area contributed by atoms with Crippen LogP contribution < -0.4 is 10.2 Å². The maximum atomic E-state index is 12.7. The zero-order chi connectivity index (χ0) is 21.0. The lowest BCUT2D eigenvalue weighted by atomic mass is 9.97. The molecule has 1 aromatic carbocycles. The number of aromatic nitrogens is 1. The number of pyridine rings is 1. The maximum absolute atomic E-state index is 12.7. The molecule has 0 unspecified atom stereocenters. The molecule has 4 rings (SSSR count). The van der Waals surface area contributed by atoms with Gasteiger partial charge in [0.2, 0.25) is 15.9 Å². The zero-order valence-corrected chi connectivity index (χ0v) is 17.9. The summed E-state index contributed by atoms with van der Waals surface area (Å²) in [5.74, 6) is -0.230. The molecule has 30 heavy (non-hydrogen) atoms. The quantitative estimate of drug-likeness (QED) is 0.791. The minimum absolute atomic E-state index is 0.0425. The van der Waals surface area contributed by atoms with E-state index in [2.05, 4.69) is 27.3 Å². The highest BCUT2D eigenvalue weighted by Gasteiger charge is 2.32. The van der Waals surface area contributed by atoms with E-state index in [-0.39, 0.29) is 16.7 Å². The average Bonchev–Trinajstić information content (AvgIpc) is 2.81. The van der Waals surface area contributed by atoms with Gasteiger partial charge >= 0.3 is 0 Å². The van der Waals surface area contributed by atoms with Crippen LogP contribution in [0, 0.1) is 5.92 Å². The van der Waals surface area contributed by atoms with E-state index in [1.807, 2.05) is 12.1 Å². The second kappa shape index (κ2) is 9.14. The fourth-order valence-electron chi connectivity index (χ4n) is 4.16. The van der Waals surface area contributed by atoms with E-state index in [0.717, 1.165) is 18.8 Å². The lowest BCUT2D eigenvalue weighted by Gasteiger charge is -2.30. The van der Waals surface area contributed by atoms with Crippen LogP contribution in [-0.2, 0) is 14.8 Å². The fraction of sp³-hybridized carbons (Fsp3) is 0.455. The van der Waals surface area contributed by atoms with Crippen LogP contribution >= 0.6 is 0 Å². The van der Waals surface area contributed by atoms with Crippen LogP contribution in [0.25, 0.3) is 0 Å². The van der Waals surface area contributed by atoms with Crippen molar-refractivity contribution in [2.24, 2.45) is 5.92 Å². The summed E-state index contributed by atoms with van der Waals surface area (Å²) in [6.07, 6.45) is 7.69. The van der Waals surface area contributed by atoms with Crippen molar-refractivity contribution in [3.63, 3.8) is 0 Å². The summed E-state index contributed by atoms with van der Waals surface area (Å²) in [5.41, 5.74) is 1.98. The third-order valence-corrected chi connectivity index (χ3v) is 7.84. The van der Waals surface area contributed by atoms with E-state index in [4.69, 9.17) is 0 Å². The Balaban J connectivity index is 1.31. The molecule has 7 nitrogen and oxygen atoms in total. The summed E-state index contributed by atoms with van der Waals surface area (Å²) in [5, 5.41) is 2.99. The van der Waals surface area contributed by atoms with E-state index < -0.39 is 10.0 Å². The van der Waals surface area contributed by atoms with Crippen molar-refractivity contribution in [3.05, 3.63) is 48.8 Å². The van der Waals surface area contributed by atoms with Crippen molar-refractivity contribution < 1.29 is 13.2 Å². The topological polar surface area (TPSA) is 82.6 Å². The molecule has 0 spiro atoms.